The van der Waals surface area contributed by atoms with Crippen molar-refractivity contribution >= 4 is 5.78 Å². The Bertz CT molecular complexity index is 500. The highest BCUT2D eigenvalue weighted by atomic mass is 16.6. The number of hydrogen-bond donors (Lipinski definition) is 0. The highest BCUT2D eigenvalue weighted by Gasteiger charge is 2.63. The maximum absolute atomic E-state index is 12.4. The molecule has 0 radical (unpaired) electrons. The van der Waals surface area contributed by atoms with Crippen LogP contribution in [0.5, 0.6) is 0 Å². The standard InChI is InChI=1S/C19H28O2/c1-18-8-7-14-12(13(18)5-6-17(18)20)4-3-11-9-15-16(21-15)10-19(11,14)2/h11-16H,3-10H2,1-2H3/t11-,12?,13?,14?,15-,16+,18-,19-/m0/s1. The molecule has 8 atom stereocenters. The first-order valence-electron chi connectivity index (χ1n) is 9.21. The maximum atomic E-state index is 12.4. The Kier molecular flexibility index (Phi) is 2.45. The number of carbonyl (C=O) groups is 1. The third-order valence-corrected chi connectivity index (χ3v) is 8.62. The van der Waals surface area contributed by atoms with E-state index in [4.69, 9.17) is 4.74 Å². The van der Waals surface area contributed by atoms with Gasteiger partial charge in [0.25, 0.3) is 0 Å². The van der Waals surface area contributed by atoms with E-state index in [9.17, 15) is 4.79 Å². The first-order valence-corrected chi connectivity index (χ1v) is 9.21. The number of ketones is 1. The van der Waals surface area contributed by atoms with Crippen LogP contribution in [0, 0.1) is 34.5 Å². The molecule has 5 aliphatic rings. The molecule has 0 amide bonds. The molecule has 1 aliphatic heterocycles. The van der Waals surface area contributed by atoms with E-state index in [2.05, 4.69) is 13.8 Å². The van der Waals surface area contributed by atoms with Crippen LogP contribution in [0.2, 0.25) is 0 Å². The lowest BCUT2D eigenvalue weighted by atomic mass is 9.45. The van der Waals surface area contributed by atoms with E-state index in [-0.39, 0.29) is 5.41 Å². The summed E-state index contributed by atoms with van der Waals surface area (Å²) in [5.74, 6) is 3.85. The van der Waals surface area contributed by atoms with E-state index in [1.165, 1.54) is 38.5 Å². The summed E-state index contributed by atoms with van der Waals surface area (Å²) < 4.78 is 5.88. The fraction of sp³-hybridized carbons (Fsp3) is 0.947. The molecule has 0 aromatic heterocycles. The van der Waals surface area contributed by atoms with Gasteiger partial charge in [-0.1, -0.05) is 13.8 Å². The van der Waals surface area contributed by atoms with Crippen molar-refractivity contribution in [1.82, 2.24) is 0 Å². The number of Topliss-reactive ketones (excluding diaryl/α,β-unsaturated/α-hetero) is 1. The van der Waals surface area contributed by atoms with Gasteiger partial charge in [-0.25, -0.2) is 0 Å². The van der Waals surface area contributed by atoms with Crippen LogP contribution in [0.3, 0.4) is 0 Å². The zero-order chi connectivity index (χ0) is 14.4. The van der Waals surface area contributed by atoms with Gasteiger partial charge in [0.05, 0.1) is 12.2 Å². The lowest BCUT2D eigenvalue weighted by Crippen LogP contribution is -2.53. The molecule has 4 aliphatic carbocycles. The van der Waals surface area contributed by atoms with Crippen LogP contribution >= 0.6 is 0 Å². The molecular formula is C19H28O2. The Labute approximate surface area is 128 Å². The lowest BCUT2D eigenvalue weighted by molar-refractivity contribution is -0.137. The number of fused-ring (bicyclic) bond motifs is 6. The summed E-state index contributed by atoms with van der Waals surface area (Å²) in [6, 6.07) is 0. The maximum Gasteiger partial charge on any atom is 0.139 e. The zero-order valence-electron chi connectivity index (χ0n) is 13.4. The van der Waals surface area contributed by atoms with Crippen LogP contribution in [-0.4, -0.2) is 18.0 Å². The molecule has 4 saturated carbocycles. The molecule has 0 bridgehead atoms. The van der Waals surface area contributed by atoms with E-state index < -0.39 is 0 Å². The van der Waals surface area contributed by atoms with Crippen molar-refractivity contribution in [3.05, 3.63) is 0 Å². The van der Waals surface area contributed by atoms with Gasteiger partial charge < -0.3 is 4.74 Å². The Morgan fingerprint density at radius 3 is 2.76 bits per heavy atom. The molecule has 3 unspecified atom stereocenters. The van der Waals surface area contributed by atoms with Crippen LogP contribution in [0.25, 0.3) is 0 Å². The van der Waals surface area contributed by atoms with Crippen LogP contribution in [0.15, 0.2) is 0 Å². The number of rotatable bonds is 0. The first-order chi connectivity index (χ1) is 10.0. The third kappa shape index (κ3) is 1.56. The predicted molar refractivity (Wildman–Crippen MR) is 80.8 cm³/mol. The topological polar surface area (TPSA) is 29.6 Å². The molecule has 0 aromatic rings. The summed E-state index contributed by atoms with van der Waals surface area (Å²) in [6.07, 6.45) is 11.1. The Morgan fingerprint density at radius 2 is 1.90 bits per heavy atom. The molecule has 1 heterocycles. The molecule has 5 fully saturated rings. The minimum atomic E-state index is 0.0393. The molecule has 0 spiro atoms. The van der Waals surface area contributed by atoms with Gasteiger partial charge in [-0.3, -0.25) is 4.79 Å². The molecule has 5 rings (SSSR count). The van der Waals surface area contributed by atoms with Gasteiger partial charge >= 0.3 is 0 Å². The Morgan fingerprint density at radius 1 is 1.05 bits per heavy atom. The SMILES string of the molecule is C[C@]12CCC3C(CC[C@H]4C[C@@H]5O[C@@H]5C[C@]34C)C1CCC2=O. The van der Waals surface area contributed by atoms with Gasteiger partial charge in [-0.05, 0) is 74.0 Å². The second-order valence-electron chi connectivity index (χ2n) is 9.23. The van der Waals surface area contributed by atoms with Crippen LogP contribution in [0.1, 0.15) is 65.2 Å². The van der Waals surface area contributed by atoms with Gasteiger partial charge in [0, 0.05) is 11.8 Å². The van der Waals surface area contributed by atoms with Crippen molar-refractivity contribution in [3.8, 4) is 0 Å². The Balaban J connectivity index is 1.49. The molecule has 116 valence electrons. The minimum Gasteiger partial charge on any atom is -0.370 e. The van der Waals surface area contributed by atoms with Gasteiger partial charge in [0.2, 0.25) is 0 Å². The average Bonchev–Trinajstić information content (AvgIpc) is 3.12. The van der Waals surface area contributed by atoms with Crippen LogP contribution in [0.4, 0.5) is 0 Å². The first kappa shape index (κ1) is 13.1. The highest BCUT2D eigenvalue weighted by molar-refractivity contribution is 5.87. The predicted octanol–water partition coefficient (Wildman–Crippen LogP) is 3.98. The molecule has 2 nitrogen and oxygen atoms in total. The van der Waals surface area contributed by atoms with E-state index in [1.807, 2.05) is 0 Å². The van der Waals surface area contributed by atoms with Crippen molar-refractivity contribution in [2.75, 3.05) is 0 Å². The number of carbonyl (C=O) groups excluding carboxylic acids is 1. The second-order valence-corrected chi connectivity index (χ2v) is 9.23. The fourth-order valence-electron chi connectivity index (χ4n) is 7.29. The largest absolute Gasteiger partial charge is 0.370 e. The van der Waals surface area contributed by atoms with E-state index in [0.717, 1.165) is 30.6 Å². The summed E-state index contributed by atoms with van der Waals surface area (Å²) >= 11 is 0. The Hall–Kier alpha value is -0.370. The summed E-state index contributed by atoms with van der Waals surface area (Å²) in [6.45, 7) is 4.87. The molecule has 2 heteroatoms. The van der Waals surface area contributed by atoms with Crippen molar-refractivity contribution in [3.63, 3.8) is 0 Å². The second kappa shape index (κ2) is 3.93. The van der Waals surface area contributed by atoms with Crippen molar-refractivity contribution in [2.24, 2.45) is 34.5 Å². The van der Waals surface area contributed by atoms with Gasteiger partial charge in [0.1, 0.15) is 5.78 Å². The summed E-state index contributed by atoms with van der Waals surface area (Å²) in [7, 11) is 0. The van der Waals surface area contributed by atoms with E-state index in [1.54, 1.807) is 0 Å². The fourth-order valence-corrected chi connectivity index (χ4v) is 7.29. The minimum absolute atomic E-state index is 0.0393. The van der Waals surface area contributed by atoms with Crippen molar-refractivity contribution in [2.45, 2.75) is 77.4 Å². The normalized spacial score (nSPS) is 61.5. The van der Waals surface area contributed by atoms with E-state index >= 15 is 0 Å². The molecule has 0 aromatic carbocycles. The number of epoxide rings is 1. The third-order valence-electron chi connectivity index (χ3n) is 8.62. The zero-order valence-corrected chi connectivity index (χ0v) is 13.4. The number of hydrogen-bond acceptors (Lipinski definition) is 2. The smallest absolute Gasteiger partial charge is 0.139 e. The summed E-state index contributed by atoms with van der Waals surface area (Å²) in [5.41, 5.74) is 0.547. The molecule has 21 heavy (non-hydrogen) atoms. The monoisotopic (exact) mass is 288 g/mol. The van der Waals surface area contributed by atoms with Gasteiger partial charge in [0.15, 0.2) is 0 Å². The van der Waals surface area contributed by atoms with Crippen LogP contribution < -0.4 is 0 Å². The number of ether oxygens (including phenoxy) is 1. The van der Waals surface area contributed by atoms with Crippen molar-refractivity contribution in [1.29, 1.82) is 0 Å². The lowest BCUT2D eigenvalue weighted by Gasteiger charge is -2.59. The average molecular weight is 288 g/mol. The van der Waals surface area contributed by atoms with Gasteiger partial charge in [-0.15, -0.1) is 0 Å². The molecular weight excluding hydrogens is 260 g/mol. The summed E-state index contributed by atoms with van der Waals surface area (Å²) in [5, 5.41) is 0. The quantitative estimate of drug-likeness (QED) is 0.631. The molecule has 1 saturated heterocycles. The highest BCUT2D eigenvalue weighted by Crippen LogP contribution is 2.67. The van der Waals surface area contributed by atoms with Crippen molar-refractivity contribution < 1.29 is 9.53 Å². The van der Waals surface area contributed by atoms with E-state index in [0.29, 0.717) is 29.3 Å². The van der Waals surface area contributed by atoms with Crippen LogP contribution in [-0.2, 0) is 9.53 Å². The summed E-state index contributed by atoms with van der Waals surface area (Å²) in [4.78, 5) is 12.4. The molecule has 0 N–H and O–H groups in total. The van der Waals surface area contributed by atoms with Gasteiger partial charge in [-0.2, -0.15) is 0 Å².